The number of halogens is 1. The Kier molecular flexibility index (Phi) is 6.49. The molecule has 0 bridgehead atoms. The summed E-state index contributed by atoms with van der Waals surface area (Å²) in [6.07, 6.45) is 2.57. The second-order valence-electron chi connectivity index (χ2n) is 9.30. The summed E-state index contributed by atoms with van der Waals surface area (Å²) < 4.78 is 30.8. The molecule has 0 radical (unpaired) electrons. The van der Waals surface area contributed by atoms with Gasteiger partial charge in [-0.1, -0.05) is 12.1 Å². The first-order valence-corrected chi connectivity index (χ1v) is 11.9. The van der Waals surface area contributed by atoms with Gasteiger partial charge in [0.2, 0.25) is 0 Å². The summed E-state index contributed by atoms with van der Waals surface area (Å²) in [7, 11) is 1.67. The van der Waals surface area contributed by atoms with Gasteiger partial charge in [-0.25, -0.2) is 4.39 Å². The molecule has 178 valence electrons. The van der Waals surface area contributed by atoms with Crippen LogP contribution in [0.5, 0.6) is 0 Å². The number of benzene rings is 1. The highest BCUT2D eigenvalue weighted by Crippen LogP contribution is 2.47. The standard InChI is InChI=1S/C25H31FN2O5/c1-31-18-7-8-19-20(15-18)33-24-21(23(19)29)22(16-3-5-17(26)6-4-16)28(25(24)30)10-2-9-27-11-13-32-14-12-27/h3-6,18-20,22H,2,7-15H2,1H3. The normalized spacial score (nSPS) is 30.3. The first-order valence-electron chi connectivity index (χ1n) is 11.9. The van der Waals surface area contributed by atoms with Crippen LogP contribution in [0.2, 0.25) is 0 Å². The minimum absolute atomic E-state index is 0.00541. The third-order valence-electron chi connectivity index (χ3n) is 7.40. The summed E-state index contributed by atoms with van der Waals surface area (Å²) >= 11 is 0. The quantitative estimate of drug-likeness (QED) is 0.653. The van der Waals surface area contributed by atoms with Crippen molar-refractivity contribution >= 4 is 11.7 Å². The van der Waals surface area contributed by atoms with Crippen molar-refractivity contribution < 1.29 is 28.2 Å². The van der Waals surface area contributed by atoms with Crippen molar-refractivity contribution in [2.75, 3.05) is 46.5 Å². The molecule has 0 aromatic heterocycles. The summed E-state index contributed by atoms with van der Waals surface area (Å²) in [6.45, 7) is 4.57. The number of carbonyl (C=O) groups is 2. The molecule has 1 saturated carbocycles. The highest BCUT2D eigenvalue weighted by Gasteiger charge is 2.52. The van der Waals surface area contributed by atoms with Crippen molar-refractivity contribution in [3.05, 3.63) is 47.0 Å². The number of ketones is 1. The smallest absolute Gasteiger partial charge is 0.290 e. The third-order valence-corrected chi connectivity index (χ3v) is 7.40. The molecule has 7 nitrogen and oxygen atoms in total. The molecule has 1 aromatic rings. The fraction of sp³-hybridized carbons (Fsp3) is 0.600. The highest BCUT2D eigenvalue weighted by molar-refractivity contribution is 6.11. The largest absolute Gasteiger partial charge is 0.483 e. The lowest BCUT2D eigenvalue weighted by Crippen LogP contribution is -2.43. The van der Waals surface area contributed by atoms with Gasteiger partial charge in [0.1, 0.15) is 11.9 Å². The predicted octanol–water partition coefficient (Wildman–Crippen LogP) is 2.47. The Morgan fingerprint density at radius 3 is 2.58 bits per heavy atom. The van der Waals surface area contributed by atoms with E-state index in [2.05, 4.69) is 4.90 Å². The molecule has 5 rings (SSSR count). The molecular formula is C25H31FN2O5. The average Bonchev–Trinajstić information content (AvgIpc) is 3.12. The van der Waals surface area contributed by atoms with Gasteiger partial charge in [-0.2, -0.15) is 0 Å². The molecule has 2 fully saturated rings. The molecule has 3 heterocycles. The van der Waals surface area contributed by atoms with Crippen LogP contribution in [0.3, 0.4) is 0 Å². The minimum Gasteiger partial charge on any atom is -0.483 e. The third kappa shape index (κ3) is 4.32. The Morgan fingerprint density at radius 2 is 1.85 bits per heavy atom. The van der Waals surface area contributed by atoms with E-state index in [1.54, 1.807) is 24.1 Å². The number of carbonyl (C=O) groups excluding carboxylic acids is 2. The Labute approximate surface area is 193 Å². The number of fused-ring (bicyclic) bond motifs is 1. The first-order chi connectivity index (χ1) is 16.1. The molecule has 1 amide bonds. The number of Topliss-reactive ketones (excluding diaryl/α,β-unsaturated/α-hetero) is 1. The Bertz CT molecular complexity index is 927. The fourth-order valence-corrected chi connectivity index (χ4v) is 5.60. The number of amides is 1. The maximum absolute atomic E-state index is 13.6. The predicted molar refractivity (Wildman–Crippen MR) is 118 cm³/mol. The molecule has 4 unspecified atom stereocenters. The van der Waals surface area contributed by atoms with Crippen LogP contribution in [-0.4, -0.2) is 80.2 Å². The topological polar surface area (TPSA) is 68.3 Å². The van der Waals surface area contributed by atoms with E-state index in [1.165, 1.54) is 12.1 Å². The van der Waals surface area contributed by atoms with Crippen LogP contribution in [-0.2, 0) is 23.8 Å². The average molecular weight is 459 g/mol. The van der Waals surface area contributed by atoms with Gasteiger partial charge in [0, 0.05) is 39.7 Å². The van der Waals surface area contributed by atoms with Crippen LogP contribution in [0.15, 0.2) is 35.6 Å². The van der Waals surface area contributed by atoms with E-state index in [9.17, 15) is 14.0 Å². The van der Waals surface area contributed by atoms with E-state index >= 15 is 0 Å². The lowest BCUT2D eigenvalue weighted by atomic mass is 9.76. The number of rotatable bonds is 6. The number of morpholine rings is 1. The van der Waals surface area contributed by atoms with Crippen LogP contribution < -0.4 is 0 Å². The van der Waals surface area contributed by atoms with Crippen molar-refractivity contribution in [1.29, 1.82) is 0 Å². The van der Waals surface area contributed by atoms with Gasteiger partial charge in [-0.3, -0.25) is 14.5 Å². The first kappa shape index (κ1) is 22.5. The molecule has 1 aromatic carbocycles. The molecule has 0 spiro atoms. The maximum atomic E-state index is 13.6. The summed E-state index contributed by atoms with van der Waals surface area (Å²) in [5, 5.41) is 0. The van der Waals surface area contributed by atoms with Crippen molar-refractivity contribution in [1.82, 2.24) is 9.80 Å². The van der Waals surface area contributed by atoms with E-state index in [1.807, 2.05) is 0 Å². The summed E-state index contributed by atoms with van der Waals surface area (Å²) in [5.41, 5.74) is 1.18. The van der Waals surface area contributed by atoms with Crippen molar-refractivity contribution in [2.45, 2.75) is 43.9 Å². The van der Waals surface area contributed by atoms with E-state index < -0.39 is 6.04 Å². The van der Waals surface area contributed by atoms with E-state index in [0.717, 1.165) is 51.3 Å². The summed E-state index contributed by atoms with van der Waals surface area (Å²) in [4.78, 5) is 31.2. The molecule has 1 saturated heterocycles. The van der Waals surface area contributed by atoms with Crippen molar-refractivity contribution in [2.24, 2.45) is 5.92 Å². The van der Waals surface area contributed by atoms with Crippen molar-refractivity contribution in [3.8, 4) is 0 Å². The zero-order valence-corrected chi connectivity index (χ0v) is 19.0. The second-order valence-corrected chi connectivity index (χ2v) is 9.30. The van der Waals surface area contributed by atoms with E-state index in [4.69, 9.17) is 14.2 Å². The lowest BCUT2D eigenvalue weighted by molar-refractivity contribution is -0.138. The van der Waals surface area contributed by atoms with Crippen LogP contribution in [0.4, 0.5) is 4.39 Å². The summed E-state index contributed by atoms with van der Waals surface area (Å²) in [6, 6.07) is 5.56. The minimum atomic E-state index is -0.536. The van der Waals surface area contributed by atoms with Gasteiger partial charge in [0.25, 0.3) is 5.91 Å². The van der Waals surface area contributed by atoms with Crippen LogP contribution in [0.1, 0.15) is 37.3 Å². The number of hydrogen-bond acceptors (Lipinski definition) is 6. The molecule has 0 N–H and O–H groups in total. The molecule has 4 atom stereocenters. The van der Waals surface area contributed by atoms with Gasteiger partial charge in [0.15, 0.2) is 11.5 Å². The molecule has 33 heavy (non-hydrogen) atoms. The maximum Gasteiger partial charge on any atom is 0.290 e. The monoisotopic (exact) mass is 458 g/mol. The highest BCUT2D eigenvalue weighted by atomic mass is 19.1. The lowest BCUT2D eigenvalue weighted by Gasteiger charge is -2.38. The fourth-order valence-electron chi connectivity index (χ4n) is 5.60. The van der Waals surface area contributed by atoms with Crippen molar-refractivity contribution in [3.63, 3.8) is 0 Å². The SMILES string of the molecule is COC1CCC2C(=O)C3=C(OC2C1)C(=O)N(CCCN1CCOCC1)C3c1ccc(F)cc1. The molecule has 3 aliphatic heterocycles. The van der Waals surface area contributed by atoms with Crippen LogP contribution in [0.25, 0.3) is 0 Å². The zero-order chi connectivity index (χ0) is 22.9. The second kappa shape index (κ2) is 9.52. The summed E-state index contributed by atoms with van der Waals surface area (Å²) in [5.74, 6) is -0.681. The number of nitrogens with zero attached hydrogens (tertiary/aromatic N) is 2. The van der Waals surface area contributed by atoms with Crippen LogP contribution >= 0.6 is 0 Å². The van der Waals surface area contributed by atoms with Gasteiger partial charge in [-0.05, 0) is 37.0 Å². The molecule has 8 heteroatoms. The molecule has 4 aliphatic rings. The number of methoxy groups -OCH3 is 1. The van der Waals surface area contributed by atoms with Gasteiger partial charge >= 0.3 is 0 Å². The Hall–Kier alpha value is -2.29. The van der Waals surface area contributed by atoms with Crippen LogP contribution in [0, 0.1) is 11.7 Å². The van der Waals surface area contributed by atoms with E-state index in [-0.39, 0.29) is 41.4 Å². The molecule has 1 aliphatic carbocycles. The van der Waals surface area contributed by atoms with E-state index in [0.29, 0.717) is 25.0 Å². The number of hydrogen-bond donors (Lipinski definition) is 0. The van der Waals surface area contributed by atoms with Gasteiger partial charge in [0.05, 0.1) is 36.9 Å². The Morgan fingerprint density at radius 1 is 1.09 bits per heavy atom. The number of ether oxygens (including phenoxy) is 3. The molecular weight excluding hydrogens is 427 g/mol. The zero-order valence-electron chi connectivity index (χ0n) is 19.0. The van der Waals surface area contributed by atoms with Gasteiger partial charge < -0.3 is 19.1 Å². The van der Waals surface area contributed by atoms with Gasteiger partial charge in [-0.15, -0.1) is 0 Å². The Balaban J connectivity index is 1.40.